The van der Waals surface area contributed by atoms with Gasteiger partial charge in [-0.15, -0.1) is 0 Å². The minimum absolute atomic E-state index is 0.193. The Kier molecular flexibility index (Phi) is 6.01. The van der Waals surface area contributed by atoms with Gasteiger partial charge in [0.1, 0.15) is 11.6 Å². The number of aromatic nitrogens is 1. The van der Waals surface area contributed by atoms with Crippen LogP contribution < -0.4 is 10.1 Å². The van der Waals surface area contributed by atoms with E-state index in [0.29, 0.717) is 31.1 Å². The van der Waals surface area contributed by atoms with E-state index >= 15 is 0 Å². The van der Waals surface area contributed by atoms with Crippen molar-refractivity contribution >= 4 is 11.7 Å². The number of carbonyl (C=O) groups excluding carboxylic acids is 1. The van der Waals surface area contributed by atoms with Gasteiger partial charge >= 0.3 is 6.03 Å². The average Bonchev–Trinajstić information content (AvgIpc) is 2.65. The maximum atomic E-state index is 13.4. The van der Waals surface area contributed by atoms with Crippen molar-refractivity contribution in [2.45, 2.75) is 13.5 Å². The summed E-state index contributed by atoms with van der Waals surface area (Å²) in [5.41, 5.74) is 1.70. The van der Waals surface area contributed by atoms with Crippen LogP contribution in [0.5, 0.6) is 5.75 Å². The summed E-state index contributed by atoms with van der Waals surface area (Å²) in [5.74, 6) is -0.0478. The second kappa shape index (κ2) is 8.62. The van der Waals surface area contributed by atoms with Gasteiger partial charge in [-0.3, -0.25) is 9.88 Å². The van der Waals surface area contributed by atoms with Crippen LogP contribution in [-0.2, 0) is 6.54 Å². The molecular formula is C19H23FN4O2. The maximum absolute atomic E-state index is 13.4. The zero-order valence-corrected chi connectivity index (χ0v) is 14.8. The number of ether oxygens (including phenoxy) is 1. The first-order valence-corrected chi connectivity index (χ1v) is 8.75. The van der Waals surface area contributed by atoms with Gasteiger partial charge in [-0.2, -0.15) is 0 Å². The molecular weight excluding hydrogens is 335 g/mol. The van der Waals surface area contributed by atoms with E-state index in [4.69, 9.17) is 4.74 Å². The summed E-state index contributed by atoms with van der Waals surface area (Å²) < 4.78 is 18.8. The number of pyridine rings is 1. The Morgan fingerprint density at radius 3 is 2.62 bits per heavy atom. The molecule has 0 spiro atoms. The van der Waals surface area contributed by atoms with E-state index in [1.165, 1.54) is 23.8 Å². The third kappa shape index (κ3) is 4.70. The van der Waals surface area contributed by atoms with Gasteiger partial charge in [0, 0.05) is 51.2 Å². The van der Waals surface area contributed by atoms with Crippen LogP contribution in [0.25, 0.3) is 0 Å². The average molecular weight is 358 g/mol. The van der Waals surface area contributed by atoms with Crippen LogP contribution in [0.15, 0.2) is 42.7 Å². The molecule has 1 fully saturated rings. The van der Waals surface area contributed by atoms with Crippen molar-refractivity contribution < 1.29 is 13.9 Å². The molecule has 0 radical (unpaired) electrons. The molecule has 1 N–H and O–H groups in total. The first-order valence-electron chi connectivity index (χ1n) is 8.75. The van der Waals surface area contributed by atoms with Gasteiger partial charge in [0.25, 0.3) is 0 Å². The Morgan fingerprint density at radius 1 is 1.19 bits per heavy atom. The summed E-state index contributed by atoms with van der Waals surface area (Å²) >= 11 is 0. The highest BCUT2D eigenvalue weighted by atomic mass is 19.1. The Balaban J connectivity index is 1.54. The lowest BCUT2D eigenvalue weighted by atomic mass is 10.2. The van der Waals surface area contributed by atoms with Gasteiger partial charge in [0.15, 0.2) is 0 Å². The minimum atomic E-state index is -0.392. The number of halogens is 1. The van der Waals surface area contributed by atoms with E-state index in [-0.39, 0.29) is 6.03 Å². The second-order valence-corrected chi connectivity index (χ2v) is 6.12. The summed E-state index contributed by atoms with van der Waals surface area (Å²) in [7, 11) is 0. The Bertz CT molecular complexity index is 734. The molecule has 2 amide bonds. The second-order valence-electron chi connectivity index (χ2n) is 6.12. The lowest BCUT2D eigenvalue weighted by molar-refractivity contribution is 0.143. The summed E-state index contributed by atoms with van der Waals surface area (Å²) in [6.07, 6.45) is 3.58. The number of hydrogen-bond donors (Lipinski definition) is 1. The third-order valence-corrected chi connectivity index (χ3v) is 4.30. The third-order valence-electron chi connectivity index (χ3n) is 4.30. The van der Waals surface area contributed by atoms with Gasteiger partial charge in [-0.25, -0.2) is 9.18 Å². The molecule has 2 heterocycles. The molecule has 0 unspecified atom stereocenters. The Labute approximate surface area is 152 Å². The van der Waals surface area contributed by atoms with Gasteiger partial charge in [-0.1, -0.05) is 0 Å². The number of rotatable bonds is 5. The quantitative estimate of drug-likeness (QED) is 0.893. The van der Waals surface area contributed by atoms with Crippen LogP contribution in [0.3, 0.4) is 0 Å². The van der Waals surface area contributed by atoms with Gasteiger partial charge in [0.2, 0.25) is 0 Å². The Morgan fingerprint density at radius 2 is 1.92 bits per heavy atom. The molecule has 0 atom stereocenters. The van der Waals surface area contributed by atoms with Crippen LogP contribution in [-0.4, -0.2) is 53.6 Å². The minimum Gasteiger partial charge on any atom is -0.492 e. The van der Waals surface area contributed by atoms with Crippen LogP contribution in [0.2, 0.25) is 0 Å². The Hall–Kier alpha value is -2.67. The van der Waals surface area contributed by atoms with E-state index in [0.717, 1.165) is 19.6 Å². The fourth-order valence-electron chi connectivity index (χ4n) is 2.92. The molecule has 0 saturated carbocycles. The van der Waals surface area contributed by atoms with Gasteiger partial charge in [0.05, 0.1) is 12.3 Å². The predicted octanol–water partition coefficient (Wildman–Crippen LogP) is 2.97. The monoisotopic (exact) mass is 358 g/mol. The summed E-state index contributed by atoms with van der Waals surface area (Å²) in [4.78, 5) is 20.6. The number of amides is 2. The first-order chi connectivity index (χ1) is 12.7. The largest absolute Gasteiger partial charge is 0.492 e. The molecule has 1 aliphatic heterocycles. The number of hydrogen-bond acceptors (Lipinski definition) is 4. The van der Waals surface area contributed by atoms with Gasteiger partial charge in [-0.05, 0) is 36.8 Å². The summed E-state index contributed by atoms with van der Waals surface area (Å²) in [6, 6.07) is 7.93. The fourth-order valence-corrected chi connectivity index (χ4v) is 2.92. The number of nitrogens with zero attached hydrogens (tertiary/aromatic N) is 3. The normalized spacial score (nSPS) is 14.9. The molecule has 1 aromatic carbocycles. The highest BCUT2D eigenvalue weighted by Gasteiger charge is 2.22. The molecule has 1 saturated heterocycles. The smallest absolute Gasteiger partial charge is 0.322 e. The van der Waals surface area contributed by atoms with E-state index in [1.807, 2.05) is 19.1 Å². The molecule has 2 aromatic rings. The molecule has 26 heavy (non-hydrogen) atoms. The molecule has 0 aliphatic carbocycles. The van der Waals surface area contributed by atoms with Crippen molar-refractivity contribution in [2.75, 3.05) is 38.1 Å². The van der Waals surface area contributed by atoms with E-state index in [9.17, 15) is 9.18 Å². The molecule has 7 heteroatoms. The molecule has 1 aromatic heterocycles. The lowest BCUT2D eigenvalue weighted by Gasteiger charge is -2.34. The van der Waals surface area contributed by atoms with Crippen molar-refractivity contribution in [1.82, 2.24) is 14.8 Å². The SMILES string of the molecule is CCOc1cc(F)ccc1NC(=O)N1CCN(Cc2ccncc2)CC1. The fraction of sp³-hybridized carbons (Fsp3) is 0.368. The number of urea groups is 1. The maximum Gasteiger partial charge on any atom is 0.322 e. The highest BCUT2D eigenvalue weighted by Crippen LogP contribution is 2.26. The number of carbonyl (C=O) groups is 1. The highest BCUT2D eigenvalue weighted by molar-refractivity contribution is 5.91. The van der Waals surface area contributed by atoms with Crippen LogP contribution in [0, 0.1) is 5.82 Å². The zero-order chi connectivity index (χ0) is 18.4. The van der Waals surface area contributed by atoms with E-state index in [1.54, 1.807) is 17.3 Å². The number of piperazine rings is 1. The van der Waals surface area contributed by atoms with Crippen LogP contribution in [0.1, 0.15) is 12.5 Å². The van der Waals surface area contributed by atoms with Crippen LogP contribution in [0.4, 0.5) is 14.9 Å². The topological polar surface area (TPSA) is 57.7 Å². The lowest BCUT2D eigenvalue weighted by Crippen LogP contribution is -2.49. The van der Waals surface area contributed by atoms with Crippen molar-refractivity contribution in [3.63, 3.8) is 0 Å². The van der Waals surface area contributed by atoms with Crippen molar-refractivity contribution in [1.29, 1.82) is 0 Å². The summed E-state index contributed by atoms with van der Waals surface area (Å²) in [6.45, 7) is 5.96. The molecule has 6 nitrogen and oxygen atoms in total. The van der Waals surface area contributed by atoms with Crippen molar-refractivity contribution in [3.05, 3.63) is 54.1 Å². The van der Waals surface area contributed by atoms with Crippen molar-refractivity contribution in [3.8, 4) is 5.75 Å². The molecule has 1 aliphatic rings. The summed E-state index contributed by atoms with van der Waals surface area (Å²) in [5, 5.41) is 2.83. The van der Waals surface area contributed by atoms with Crippen LogP contribution >= 0.6 is 0 Å². The predicted molar refractivity (Wildman–Crippen MR) is 97.7 cm³/mol. The van der Waals surface area contributed by atoms with Gasteiger partial charge < -0.3 is 15.0 Å². The van der Waals surface area contributed by atoms with Crippen molar-refractivity contribution in [2.24, 2.45) is 0 Å². The number of anilines is 1. The molecule has 3 rings (SSSR count). The van der Waals surface area contributed by atoms with E-state index in [2.05, 4.69) is 15.2 Å². The zero-order valence-electron chi connectivity index (χ0n) is 14.8. The number of nitrogens with one attached hydrogen (secondary N) is 1. The standard InChI is InChI=1S/C19H23FN4O2/c1-2-26-18-13-16(20)3-4-17(18)22-19(25)24-11-9-23(10-12-24)14-15-5-7-21-8-6-15/h3-8,13H,2,9-12,14H2,1H3,(H,22,25). The first kappa shape index (κ1) is 18.1. The molecule has 0 bridgehead atoms. The molecule has 138 valence electrons. The van der Waals surface area contributed by atoms with E-state index < -0.39 is 5.82 Å². The number of benzene rings is 1.